The Labute approximate surface area is 172 Å². The number of rotatable bonds is 7. The number of hydrogen-bond donors (Lipinski definition) is 1. The van der Waals surface area contributed by atoms with Crippen LogP contribution in [0.1, 0.15) is 28.4 Å². The number of nitrogens with zero attached hydrogens (tertiary/aromatic N) is 2. The van der Waals surface area contributed by atoms with Gasteiger partial charge >= 0.3 is 0 Å². The number of ether oxygens (including phenoxy) is 1. The normalized spacial score (nSPS) is 13.8. The van der Waals surface area contributed by atoms with Crippen LogP contribution >= 0.6 is 0 Å². The lowest BCUT2D eigenvalue weighted by atomic mass is 10.1. The zero-order valence-electron chi connectivity index (χ0n) is 17.2. The number of methoxy groups -OCH3 is 1. The fourth-order valence-electron chi connectivity index (χ4n) is 3.42. The molecule has 154 valence electrons. The molecule has 0 aromatic heterocycles. The van der Waals surface area contributed by atoms with E-state index in [-0.39, 0.29) is 18.4 Å². The molecule has 0 saturated carbocycles. The average molecular weight is 396 g/mol. The van der Waals surface area contributed by atoms with E-state index >= 15 is 0 Å². The molecular formula is C23H29N3O3. The summed E-state index contributed by atoms with van der Waals surface area (Å²) in [7, 11) is 1.57. The molecule has 1 aliphatic rings. The van der Waals surface area contributed by atoms with E-state index in [1.165, 1.54) is 5.56 Å². The smallest absolute Gasteiger partial charge is 0.254 e. The Morgan fingerprint density at radius 1 is 1.07 bits per heavy atom. The van der Waals surface area contributed by atoms with Crippen LogP contribution in [0, 0.1) is 0 Å². The van der Waals surface area contributed by atoms with Gasteiger partial charge in [0, 0.05) is 38.3 Å². The van der Waals surface area contributed by atoms with Crippen LogP contribution in [0.3, 0.4) is 0 Å². The van der Waals surface area contributed by atoms with Gasteiger partial charge in [0.1, 0.15) is 12.3 Å². The minimum atomic E-state index is -0.174. The third-order valence-corrected chi connectivity index (χ3v) is 5.20. The molecule has 1 fully saturated rings. The summed E-state index contributed by atoms with van der Waals surface area (Å²) in [5, 5.41) is 3.25. The van der Waals surface area contributed by atoms with Crippen LogP contribution in [0.15, 0.2) is 48.5 Å². The highest BCUT2D eigenvalue weighted by atomic mass is 16.5. The molecule has 1 N–H and O–H groups in total. The standard InChI is InChI=1S/C23H29N3O3/c1-3-18-7-9-19(10-8-18)16-26(17-22(27)25-13-11-24-12-14-25)23(28)20-5-4-6-21(15-20)29-2/h4-10,15,24H,3,11-14,16-17H2,1-2H3. The van der Waals surface area contributed by atoms with Crippen LogP contribution in [-0.2, 0) is 17.8 Å². The maximum atomic E-state index is 13.2. The van der Waals surface area contributed by atoms with Crippen LogP contribution < -0.4 is 10.1 Å². The van der Waals surface area contributed by atoms with Crippen molar-refractivity contribution in [2.45, 2.75) is 19.9 Å². The van der Waals surface area contributed by atoms with E-state index in [1.54, 1.807) is 36.3 Å². The van der Waals surface area contributed by atoms with Crippen molar-refractivity contribution in [2.24, 2.45) is 0 Å². The predicted octanol–water partition coefficient (Wildman–Crippen LogP) is 2.33. The van der Waals surface area contributed by atoms with Gasteiger partial charge in [0.05, 0.1) is 7.11 Å². The molecule has 0 spiro atoms. The molecule has 0 unspecified atom stereocenters. The maximum Gasteiger partial charge on any atom is 0.254 e. The van der Waals surface area contributed by atoms with Gasteiger partial charge in [0.2, 0.25) is 5.91 Å². The van der Waals surface area contributed by atoms with Gasteiger partial charge < -0.3 is 19.9 Å². The maximum absolute atomic E-state index is 13.2. The van der Waals surface area contributed by atoms with Crippen LogP contribution in [0.5, 0.6) is 5.75 Å². The number of nitrogens with one attached hydrogen (secondary N) is 1. The number of carbonyl (C=O) groups is 2. The number of aryl methyl sites for hydroxylation is 1. The Hall–Kier alpha value is -2.86. The lowest BCUT2D eigenvalue weighted by Gasteiger charge is -2.30. The van der Waals surface area contributed by atoms with Gasteiger partial charge in [-0.3, -0.25) is 9.59 Å². The Balaban J connectivity index is 1.80. The van der Waals surface area contributed by atoms with Crippen LogP contribution in [0.2, 0.25) is 0 Å². The summed E-state index contributed by atoms with van der Waals surface area (Å²) in [6.45, 7) is 5.47. The monoisotopic (exact) mass is 395 g/mol. The Bertz CT molecular complexity index is 830. The quantitative estimate of drug-likeness (QED) is 0.782. The summed E-state index contributed by atoms with van der Waals surface area (Å²) in [6, 6.07) is 15.3. The van der Waals surface area contributed by atoms with Crippen molar-refractivity contribution in [1.82, 2.24) is 15.1 Å². The Morgan fingerprint density at radius 3 is 2.41 bits per heavy atom. The molecule has 1 heterocycles. The summed E-state index contributed by atoms with van der Waals surface area (Å²) in [6.07, 6.45) is 0.966. The molecule has 1 aliphatic heterocycles. The first-order chi connectivity index (χ1) is 14.1. The minimum Gasteiger partial charge on any atom is -0.497 e. The van der Waals surface area contributed by atoms with Gasteiger partial charge in [-0.1, -0.05) is 37.3 Å². The molecule has 2 aromatic carbocycles. The molecule has 1 saturated heterocycles. The number of carbonyl (C=O) groups excluding carboxylic acids is 2. The Kier molecular flexibility index (Phi) is 7.25. The van der Waals surface area contributed by atoms with Crippen LogP contribution in [0.4, 0.5) is 0 Å². The molecule has 0 bridgehead atoms. The van der Waals surface area contributed by atoms with Gasteiger partial charge in [0.15, 0.2) is 0 Å². The van der Waals surface area contributed by atoms with E-state index in [0.29, 0.717) is 30.9 Å². The van der Waals surface area contributed by atoms with Gasteiger partial charge in [0.25, 0.3) is 5.91 Å². The lowest BCUT2D eigenvalue weighted by molar-refractivity contribution is -0.132. The third kappa shape index (κ3) is 5.57. The molecule has 3 rings (SSSR count). The predicted molar refractivity (Wildman–Crippen MR) is 113 cm³/mol. The van der Waals surface area contributed by atoms with E-state index in [2.05, 4.69) is 24.4 Å². The summed E-state index contributed by atoms with van der Waals surface area (Å²) >= 11 is 0. The Morgan fingerprint density at radius 2 is 1.76 bits per heavy atom. The molecule has 6 heteroatoms. The van der Waals surface area contributed by atoms with E-state index in [0.717, 1.165) is 25.1 Å². The SMILES string of the molecule is CCc1ccc(CN(CC(=O)N2CCNCC2)C(=O)c2cccc(OC)c2)cc1. The molecule has 29 heavy (non-hydrogen) atoms. The van der Waals surface area contributed by atoms with Crippen molar-refractivity contribution in [3.63, 3.8) is 0 Å². The molecular weight excluding hydrogens is 366 g/mol. The molecule has 2 amide bonds. The van der Waals surface area contributed by atoms with Crippen molar-refractivity contribution in [3.8, 4) is 5.75 Å². The van der Waals surface area contributed by atoms with E-state index in [1.807, 2.05) is 17.0 Å². The van der Waals surface area contributed by atoms with Crippen molar-refractivity contribution in [3.05, 3.63) is 65.2 Å². The van der Waals surface area contributed by atoms with E-state index < -0.39 is 0 Å². The molecule has 0 atom stereocenters. The van der Waals surface area contributed by atoms with Crippen LogP contribution in [-0.4, -0.2) is 61.4 Å². The highest BCUT2D eigenvalue weighted by Gasteiger charge is 2.23. The number of hydrogen-bond acceptors (Lipinski definition) is 4. The van der Waals surface area contributed by atoms with Gasteiger partial charge in [-0.15, -0.1) is 0 Å². The number of benzene rings is 2. The molecule has 6 nitrogen and oxygen atoms in total. The zero-order chi connectivity index (χ0) is 20.6. The first kappa shape index (κ1) is 20.9. The molecule has 2 aromatic rings. The summed E-state index contributed by atoms with van der Waals surface area (Å²) in [5.74, 6) is 0.427. The molecule has 0 aliphatic carbocycles. The van der Waals surface area contributed by atoms with Crippen molar-refractivity contribution in [1.29, 1.82) is 0 Å². The van der Waals surface area contributed by atoms with Crippen molar-refractivity contribution in [2.75, 3.05) is 39.8 Å². The van der Waals surface area contributed by atoms with E-state index in [9.17, 15) is 9.59 Å². The number of amides is 2. The van der Waals surface area contributed by atoms with E-state index in [4.69, 9.17) is 4.74 Å². The van der Waals surface area contributed by atoms with Crippen molar-refractivity contribution >= 4 is 11.8 Å². The number of piperazine rings is 1. The molecule has 0 radical (unpaired) electrons. The lowest BCUT2D eigenvalue weighted by Crippen LogP contribution is -2.50. The average Bonchev–Trinajstić information content (AvgIpc) is 2.79. The minimum absolute atomic E-state index is 0.0204. The fraction of sp³-hybridized carbons (Fsp3) is 0.391. The summed E-state index contributed by atoms with van der Waals surface area (Å²) in [4.78, 5) is 29.5. The van der Waals surface area contributed by atoms with Gasteiger partial charge in [-0.25, -0.2) is 0 Å². The second kappa shape index (κ2) is 10.1. The fourth-order valence-corrected chi connectivity index (χ4v) is 3.42. The first-order valence-corrected chi connectivity index (χ1v) is 10.1. The van der Waals surface area contributed by atoms with Gasteiger partial charge in [-0.2, -0.15) is 0 Å². The van der Waals surface area contributed by atoms with Gasteiger partial charge in [-0.05, 0) is 35.7 Å². The second-order valence-electron chi connectivity index (χ2n) is 7.19. The third-order valence-electron chi connectivity index (χ3n) is 5.20. The highest BCUT2D eigenvalue weighted by Crippen LogP contribution is 2.17. The highest BCUT2D eigenvalue weighted by molar-refractivity contribution is 5.96. The van der Waals surface area contributed by atoms with Crippen LogP contribution in [0.25, 0.3) is 0 Å². The topological polar surface area (TPSA) is 61.9 Å². The largest absolute Gasteiger partial charge is 0.497 e. The van der Waals surface area contributed by atoms with Crippen molar-refractivity contribution < 1.29 is 14.3 Å². The summed E-state index contributed by atoms with van der Waals surface area (Å²) < 4.78 is 5.25. The second-order valence-corrected chi connectivity index (χ2v) is 7.19. The zero-order valence-corrected chi connectivity index (χ0v) is 17.2. The first-order valence-electron chi connectivity index (χ1n) is 10.1. The summed E-state index contributed by atoms with van der Waals surface area (Å²) in [5.41, 5.74) is 2.77.